The van der Waals surface area contributed by atoms with E-state index in [1.165, 1.54) is 0 Å². The Morgan fingerprint density at radius 2 is 2.00 bits per heavy atom. The van der Waals surface area contributed by atoms with Gasteiger partial charge >= 0.3 is 5.97 Å². The summed E-state index contributed by atoms with van der Waals surface area (Å²) in [5, 5.41) is 12.3. The normalized spacial score (nSPS) is 10.6. The highest BCUT2D eigenvalue weighted by molar-refractivity contribution is 7.99. The Morgan fingerprint density at radius 3 is 2.64 bits per heavy atom. The molecule has 2 aromatic heterocycles. The SMILES string of the molecule is C=CCn1c(COc2ccc(Cl)cc2)nnc1SCC(=O)Nc1sc(C(N)=O)c(C)c1C(=O)OCC. The lowest BCUT2D eigenvalue weighted by Gasteiger charge is -2.09. The molecule has 13 heteroatoms. The van der Waals surface area contributed by atoms with Crippen LogP contribution < -0.4 is 15.8 Å². The molecule has 0 unspecified atom stereocenters. The summed E-state index contributed by atoms with van der Waals surface area (Å²) < 4.78 is 12.6. The van der Waals surface area contributed by atoms with E-state index in [2.05, 4.69) is 22.1 Å². The van der Waals surface area contributed by atoms with Crippen molar-refractivity contribution in [1.82, 2.24) is 14.8 Å². The number of allylic oxidation sites excluding steroid dienone is 1. The van der Waals surface area contributed by atoms with Crippen LogP contribution in [0.1, 0.15) is 38.3 Å². The van der Waals surface area contributed by atoms with Gasteiger partial charge < -0.3 is 20.5 Å². The molecule has 0 fully saturated rings. The van der Waals surface area contributed by atoms with Gasteiger partial charge in [0, 0.05) is 11.6 Å². The molecule has 0 bridgehead atoms. The molecular formula is C23H24ClN5O5S2. The molecule has 3 rings (SSSR count). The molecule has 0 aliphatic carbocycles. The molecule has 3 N–H and O–H groups in total. The number of amides is 2. The van der Waals surface area contributed by atoms with Gasteiger partial charge in [0.2, 0.25) is 5.91 Å². The maximum atomic E-state index is 12.7. The number of primary amides is 1. The van der Waals surface area contributed by atoms with Gasteiger partial charge in [-0.1, -0.05) is 29.4 Å². The number of carbonyl (C=O) groups excluding carboxylic acids is 3. The van der Waals surface area contributed by atoms with Crippen molar-refractivity contribution in [2.24, 2.45) is 5.73 Å². The number of thiophene rings is 1. The molecular weight excluding hydrogens is 526 g/mol. The first-order chi connectivity index (χ1) is 17.2. The Kier molecular flexibility index (Phi) is 9.51. The maximum absolute atomic E-state index is 12.7. The Balaban J connectivity index is 1.70. The molecule has 2 heterocycles. The number of nitrogens with one attached hydrogen (secondary N) is 1. The number of anilines is 1. The number of aromatic nitrogens is 3. The van der Waals surface area contributed by atoms with Crippen LogP contribution in [0.25, 0.3) is 0 Å². The number of nitrogens with zero attached hydrogens (tertiary/aromatic N) is 3. The summed E-state index contributed by atoms with van der Waals surface area (Å²) in [6, 6.07) is 6.94. The zero-order valence-corrected chi connectivity index (χ0v) is 22.0. The van der Waals surface area contributed by atoms with Crippen LogP contribution in [0.4, 0.5) is 5.00 Å². The van der Waals surface area contributed by atoms with E-state index in [9.17, 15) is 14.4 Å². The number of hydrogen-bond acceptors (Lipinski definition) is 9. The second kappa shape index (κ2) is 12.6. The monoisotopic (exact) mass is 549 g/mol. The van der Waals surface area contributed by atoms with Crippen LogP contribution in [0, 0.1) is 6.92 Å². The van der Waals surface area contributed by atoms with E-state index < -0.39 is 17.8 Å². The van der Waals surface area contributed by atoms with E-state index in [1.807, 2.05) is 0 Å². The van der Waals surface area contributed by atoms with Gasteiger partial charge in [0.15, 0.2) is 11.0 Å². The van der Waals surface area contributed by atoms with Crippen LogP contribution in [0.5, 0.6) is 5.75 Å². The number of carbonyl (C=O) groups is 3. The largest absolute Gasteiger partial charge is 0.486 e. The molecule has 1 aromatic carbocycles. The smallest absolute Gasteiger partial charge is 0.341 e. The highest BCUT2D eigenvalue weighted by Crippen LogP contribution is 2.34. The third-order valence-electron chi connectivity index (χ3n) is 4.72. The van der Waals surface area contributed by atoms with Crippen molar-refractivity contribution in [3.63, 3.8) is 0 Å². The molecule has 0 aliphatic heterocycles. The molecule has 0 saturated heterocycles. The Hall–Kier alpha value is -3.35. The Labute approximate surface area is 220 Å². The quantitative estimate of drug-likeness (QED) is 0.196. The van der Waals surface area contributed by atoms with Gasteiger partial charge in [-0.25, -0.2) is 4.79 Å². The lowest BCUT2D eigenvalue weighted by atomic mass is 10.1. The Bertz CT molecular complexity index is 1270. The maximum Gasteiger partial charge on any atom is 0.341 e. The number of thioether (sulfide) groups is 1. The summed E-state index contributed by atoms with van der Waals surface area (Å²) in [5.41, 5.74) is 5.89. The predicted molar refractivity (Wildman–Crippen MR) is 139 cm³/mol. The molecule has 0 aliphatic rings. The minimum atomic E-state index is -0.691. The summed E-state index contributed by atoms with van der Waals surface area (Å²) in [7, 11) is 0. The second-order valence-corrected chi connectivity index (χ2v) is 9.62. The van der Waals surface area contributed by atoms with Crippen LogP contribution >= 0.6 is 34.7 Å². The lowest BCUT2D eigenvalue weighted by molar-refractivity contribution is -0.113. The number of benzene rings is 1. The molecule has 0 spiro atoms. The number of rotatable bonds is 12. The van der Waals surface area contributed by atoms with Crippen molar-refractivity contribution in [1.29, 1.82) is 0 Å². The van der Waals surface area contributed by atoms with Crippen LogP contribution in [0.3, 0.4) is 0 Å². The van der Waals surface area contributed by atoms with Crippen molar-refractivity contribution in [3.8, 4) is 5.75 Å². The number of esters is 1. The van der Waals surface area contributed by atoms with E-state index in [4.69, 9.17) is 26.8 Å². The standard InChI is InChI=1S/C23H24ClN5O5S2/c1-4-10-29-16(11-34-15-8-6-14(24)7-9-15)27-28-23(29)35-12-17(30)26-21-18(22(32)33-5-2)13(3)19(36-21)20(25)31/h4,6-9H,1,5,10-12H2,2-3H3,(H2,25,31)(H,26,30). The van der Waals surface area contributed by atoms with E-state index in [0.717, 1.165) is 23.1 Å². The third-order valence-corrected chi connectivity index (χ3v) is 7.16. The minimum Gasteiger partial charge on any atom is -0.486 e. The number of hydrogen-bond donors (Lipinski definition) is 2. The molecule has 0 radical (unpaired) electrons. The zero-order valence-electron chi connectivity index (χ0n) is 19.6. The first kappa shape index (κ1) is 27.2. The molecule has 36 heavy (non-hydrogen) atoms. The van der Waals surface area contributed by atoms with Crippen LogP contribution in [-0.2, 0) is 22.7 Å². The van der Waals surface area contributed by atoms with Crippen molar-refractivity contribution in [2.75, 3.05) is 17.7 Å². The number of ether oxygens (including phenoxy) is 2. The van der Waals surface area contributed by atoms with E-state index in [0.29, 0.717) is 33.9 Å². The fourth-order valence-corrected chi connectivity index (χ4v) is 5.06. The van der Waals surface area contributed by atoms with Crippen LogP contribution in [-0.4, -0.2) is 44.9 Å². The average Bonchev–Trinajstić information content (AvgIpc) is 3.37. The van der Waals surface area contributed by atoms with Gasteiger partial charge in [0.25, 0.3) is 5.91 Å². The first-order valence-electron chi connectivity index (χ1n) is 10.7. The highest BCUT2D eigenvalue weighted by Gasteiger charge is 2.26. The summed E-state index contributed by atoms with van der Waals surface area (Å²) in [5.74, 6) is -0.590. The van der Waals surface area contributed by atoms with Gasteiger partial charge in [0.05, 0.1) is 22.8 Å². The van der Waals surface area contributed by atoms with Crippen molar-refractivity contribution in [2.45, 2.75) is 32.2 Å². The second-order valence-electron chi connectivity index (χ2n) is 7.22. The molecule has 0 saturated carbocycles. The van der Waals surface area contributed by atoms with Gasteiger partial charge in [0.1, 0.15) is 17.4 Å². The predicted octanol–water partition coefficient (Wildman–Crippen LogP) is 4.07. The van der Waals surface area contributed by atoms with Crippen molar-refractivity contribution >= 4 is 57.5 Å². The molecule has 3 aromatic rings. The first-order valence-corrected chi connectivity index (χ1v) is 12.9. The topological polar surface area (TPSA) is 138 Å². The van der Waals surface area contributed by atoms with Gasteiger partial charge in [-0.05, 0) is 43.7 Å². The summed E-state index contributed by atoms with van der Waals surface area (Å²) in [6.45, 7) is 7.72. The van der Waals surface area contributed by atoms with E-state index in [1.54, 1.807) is 48.8 Å². The number of nitrogens with two attached hydrogens (primary N) is 1. The average molecular weight is 550 g/mol. The number of halogens is 1. The third kappa shape index (κ3) is 6.65. The van der Waals surface area contributed by atoms with Crippen LogP contribution in [0.15, 0.2) is 42.1 Å². The van der Waals surface area contributed by atoms with Gasteiger partial charge in [-0.3, -0.25) is 14.2 Å². The van der Waals surface area contributed by atoms with Crippen LogP contribution in [0.2, 0.25) is 5.02 Å². The Morgan fingerprint density at radius 1 is 1.28 bits per heavy atom. The zero-order chi connectivity index (χ0) is 26.2. The van der Waals surface area contributed by atoms with E-state index in [-0.39, 0.29) is 34.4 Å². The molecule has 190 valence electrons. The van der Waals surface area contributed by atoms with Crippen molar-refractivity contribution < 1.29 is 23.9 Å². The highest BCUT2D eigenvalue weighted by atomic mass is 35.5. The minimum absolute atomic E-state index is 0.0293. The fourth-order valence-electron chi connectivity index (χ4n) is 3.10. The molecule has 2 amide bonds. The van der Waals surface area contributed by atoms with Gasteiger partial charge in [-0.2, -0.15) is 0 Å². The molecule has 0 atom stereocenters. The summed E-state index contributed by atoms with van der Waals surface area (Å²) >= 11 is 7.98. The van der Waals surface area contributed by atoms with E-state index >= 15 is 0 Å². The summed E-state index contributed by atoms with van der Waals surface area (Å²) in [6.07, 6.45) is 1.69. The summed E-state index contributed by atoms with van der Waals surface area (Å²) in [4.78, 5) is 37.0. The van der Waals surface area contributed by atoms with Crippen molar-refractivity contribution in [3.05, 3.63) is 63.8 Å². The van der Waals surface area contributed by atoms with Gasteiger partial charge in [-0.15, -0.1) is 28.1 Å². The lowest BCUT2D eigenvalue weighted by Crippen LogP contribution is -2.17. The fraction of sp³-hybridized carbons (Fsp3) is 0.261. The molecule has 10 nitrogen and oxygen atoms in total.